The number of aromatic carboxylic acids is 1. The molecular formula is C16H30N2O3Si. The third-order valence-corrected chi connectivity index (χ3v) is 10.7. The van der Waals surface area contributed by atoms with E-state index in [1.807, 2.05) is 11.5 Å². The molecule has 0 aromatic carbocycles. The predicted octanol–water partition coefficient (Wildman–Crippen LogP) is 4.33. The van der Waals surface area contributed by atoms with Crippen LogP contribution >= 0.6 is 0 Å². The zero-order valence-corrected chi connectivity index (χ0v) is 15.8. The van der Waals surface area contributed by atoms with E-state index in [1.54, 1.807) is 12.5 Å². The van der Waals surface area contributed by atoms with Gasteiger partial charge in [0.25, 0.3) is 0 Å². The van der Waals surface area contributed by atoms with Gasteiger partial charge >= 0.3 is 5.97 Å². The maximum atomic E-state index is 10.9. The van der Waals surface area contributed by atoms with E-state index < -0.39 is 14.3 Å². The number of rotatable bonds is 8. The van der Waals surface area contributed by atoms with Crippen molar-refractivity contribution in [3.63, 3.8) is 0 Å². The van der Waals surface area contributed by atoms with Crippen LogP contribution in [0.1, 0.15) is 65.0 Å². The number of nitrogens with zero attached hydrogens (tertiary/aromatic N) is 2. The number of hydrogen-bond donors (Lipinski definition) is 1. The Morgan fingerprint density at radius 2 is 1.68 bits per heavy atom. The van der Waals surface area contributed by atoms with Gasteiger partial charge in [0.15, 0.2) is 14.0 Å². The lowest BCUT2D eigenvalue weighted by Crippen LogP contribution is -2.48. The second-order valence-electron chi connectivity index (χ2n) is 6.99. The van der Waals surface area contributed by atoms with E-state index in [9.17, 15) is 4.79 Å². The molecule has 0 unspecified atom stereocenters. The van der Waals surface area contributed by atoms with Crippen molar-refractivity contribution in [3.8, 4) is 0 Å². The van der Waals surface area contributed by atoms with E-state index >= 15 is 0 Å². The molecule has 0 saturated heterocycles. The van der Waals surface area contributed by atoms with Crippen molar-refractivity contribution < 1.29 is 14.3 Å². The highest BCUT2D eigenvalue weighted by Crippen LogP contribution is 2.42. The highest BCUT2D eigenvalue weighted by Gasteiger charge is 2.45. The van der Waals surface area contributed by atoms with Gasteiger partial charge in [-0.15, -0.1) is 0 Å². The minimum atomic E-state index is -1.89. The first kappa shape index (κ1) is 18.9. The fourth-order valence-corrected chi connectivity index (χ4v) is 9.07. The van der Waals surface area contributed by atoms with Crippen molar-refractivity contribution in [2.45, 2.75) is 71.1 Å². The molecule has 0 bridgehead atoms. The van der Waals surface area contributed by atoms with Crippen LogP contribution in [0.25, 0.3) is 0 Å². The van der Waals surface area contributed by atoms with Crippen LogP contribution in [0, 0.1) is 0 Å². The Balaban J connectivity index is 2.85. The van der Waals surface area contributed by atoms with Crippen LogP contribution in [-0.2, 0) is 4.43 Å². The van der Waals surface area contributed by atoms with Crippen molar-refractivity contribution in [3.05, 3.63) is 18.2 Å². The second-order valence-corrected chi connectivity index (χ2v) is 12.4. The topological polar surface area (TPSA) is 64.4 Å². The first-order valence-corrected chi connectivity index (χ1v) is 10.2. The molecule has 0 fully saturated rings. The Bertz CT molecular complexity index is 476. The van der Waals surface area contributed by atoms with E-state index in [1.165, 1.54) is 0 Å². The van der Waals surface area contributed by atoms with E-state index in [-0.39, 0.29) is 11.7 Å². The molecule has 1 heterocycles. The fraction of sp³-hybridized carbons (Fsp3) is 0.750. The molecule has 0 saturated carbocycles. The van der Waals surface area contributed by atoms with E-state index in [0.29, 0.717) is 23.2 Å². The summed E-state index contributed by atoms with van der Waals surface area (Å²) in [6.07, 6.45) is 3.14. The van der Waals surface area contributed by atoms with Gasteiger partial charge in [-0.25, -0.2) is 9.78 Å². The van der Waals surface area contributed by atoms with Crippen LogP contribution in [0.5, 0.6) is 0 Å². The molecule has 1 N–H and O–H groups in total. The molecule has 0 aliphatic rings. The Labute approximate surface area is 134 Å². The molecule has 1 rings (SSSR count). The van der Waals surface area contributed by atoms with Crippen LogP contribution in [-0.4, -0.2) is 35.6 Å². The molecule has 126 valence electrons. The molecule has 6 heteroatoms. The molecule has 1 atom stereocenters. The number of carboxylic acid groups (broad SMARTS) is 1. The van der Waals surface area contributed by atoms with Gasteiger partial charge in [-0.3, -0.25) is 0 Å². The molecule has 22 heavy (non-hydrogen) atoms. The summed E-state index contributed by atoms with van der Waals surface area (Å²) in [6, 6.07) is 0.0729. The molecular weight excluding hydrogens is 296 g/mol. The van der Waals surface area contributed by atoms with Gasteiger partial charge in [-0.05, 0) is 23.5 Å². The molecule has 1 aromatic rings. The summed E-state index contributed by atoms with van der Waals surface area (Å²) in [5.74, 6) is -0.998. The SMILES string of the molecule is CC(C)[Si](OC[C@H](C)n1cnc(C(=O)O)c1)(C(C)C)C(C)C. The summed E-state index contributed by atoms with van der Waals surface area (Å²) in [7, 11) is -1.89. The van der Waals surface area contributed by atoms with Crippen LogP contribution < -0.4 is 0 Å². The second kappa shape index (κ2) is 7.42. The van der Waals surface area contributed by atoms with Crippen LogP contribution in [0.4, 0.5) is 0 Å². The summed E-state index contributed by atoms with van der Waals surface area (Å²) in [6.45, 7) is 16.2. The van der Waals surface area contributed by atoms with Gasteiger partial charge in [0.1, 0.15) is 0 Å². The lowest BCUT2D eigenvalue weighted by atomic mass is 10.3. The Kier molecular flexibility index (Phi) is 6.37. The predicted molar refractivity (Wildman–Crippen MR) is 90.9 cm³/mol. The molecule has 0 radical (unpaired) electrons. The zero-order valence-electron chi connectivity index (χ0n) is 14.8. The first-order valence-electron chi connectivity index (χ1n) is 8.03. The van der Waals surface area contributed by atoms with Crippen LogP contribution in [0.2, 0.25) is 16.6 Å². The highest BCUT2D eigenvalue weighted by atomic mass is 28.4. The van der Waals surface area contributed by atoms with Crippen LogP contribution in [0.3, 0.4) is 0 Å². The van der Waals surface area contributed by atoms with E-state index in [4.69, 9.17) is 9.53 Å². The third-order valence-electron chi connectivity index (χ3n) is 4.61. The number of hydrogen-bond acceptors (Lipinski definition) is 3. The van der Waals surface area contributed by atoms with Gasteiger partial charge in [0.05, 0.1) is 19.0 Å². The van der Waals surface area contributed by atoms with Gasteiger partial charge in [-0.1, -0.05) is 41.5 Å². The number of aromatic nitrogens is 2. The van der Waals surface area contributed by atoms with Crippen molar-refractivity contribution in [2.75, 3.05) is 6.61 Å². The van der Waals surface area contributed by atoms with Gasteiger partial charge in [0, 0.05) is 6.20 Å². The molecule has 0 spiro atoms. The van der Waals surface area contributed by atoms with Crippen LogP contribution in [0.15, 0.2) is 12.5 Å². The Hall–Kier alpha value is -1.14. The minimum Gasteiger partial charge on any atom is -0.476 e. The molecule has 5 nitrogen and oxygen atoms in total. The Morgan fingerprint density at radius 3 is 2.05 bits per heavy atom. The molecule has 0 amide bonds. The van der Waals surface area contributed by atoms with Crippen molar-refractivity contribution in [2.24, 2.45) is 0 Å². The maximum Gasteiger partial charge on any atom is 0.356 e. The molecule has 0 aliphatic carbocycles. The summed E-state index contributed by atoms with van der Waals surface area (Å²) in [4.78, 5) is 14.8. The smallest absolute Gasteiger partial charge is 0.356 e. The number of imidazole rings is 1. The first-order chi connectivity index (χ1) is 10.1. The zero-order chi connectivity index (χ0) is 17.1. The number of carbonyl (C=O) groups is 1. The third kappa shape index (κ3) is 3.79. The number of carboxylic acids is 1. The lowest BCUT2D eigenvalue weighted by Gasteiger charge is -2.42. The minimum absolute atomic E-state index is 0.0729. The average Bonchev–Trinajstić information content (AvgIpc) is 2.87. The standard InChI is InChI=1S/C16H30N2O3Si/c1-11(2)22(12(3)4,13(5)6)21-9-14(7)18-8-15(16(19)20)17-10-18/h8,10-14H,9H2,1-7H3,(H,19,20)/t14-/m0/s1. The lowest BCUT2D eigenvalue weighted by molar-refractivity contribution is 0.0691. The monoisotopic (exact) mass is 326 g/mol. The van der Waals surface area contributed by atoms with Crippen molar-refractivity contribution >= 4 is 14.3 Å². The van der Waals surface area contributed by atoms with Gasteiger partial charge in [0.2, 0.25) is 0 Å². The average molecular weight is 327 g/mol. The molecule has 0 aliphatic heterocycles. The Morgan fingerprint density at radius 1 is 1.18 bits per heavy atom. The normalized spacial score (nSPS) is 14.1. The van der Waals surface area contributed by atoms with Crippen molar-refractivity contribution in [1.82, 2.24) is 9.55 Å². The van der Waals surface area contributed by atoms with E-state index in [2.05, 4.69) is 46.5 Å². The highest BCUT2D eigenvalue weighted by molar-refractivity contribution is 6.77. The summed E-state index contributed by atoms with van der Waals surface area (Å²) in [5, 5.41) is 8.96. The van der Waals surface area contributed by atoms with Crippen molar-refractivity contribution in [1.29, 1.82) is 0 Å². The largest absolute Gasteiger partial charge is 0.476 e. The molecule has 1 aromatic heterocycles. The summed E-state index contributed by atoms with van der Waals surface area (Å²) >= 11 is 0. The maximum absolute atomic E-state index is 10.9. The quantitative estimate of drug-likeness (QED) is 0.722. The van der Waals surface area contributed by atoms with Gasteiger partial charge in [-0.2, -0.15) is 0 Å². The summed E-state index contributed by atoms with van der Waals surface area (Å²) < 4.78 is 8.37. The van der Waals surface area contributed by atoms with E-state index in [0.717, 1.165) is 0 Å². The van der Waals surface area contributed by atoms with Gasteiger partial charge < -0.3 is 14.1 Å². The summed E-state index contributed by atoms with van der Waals surface area (Å²) in [5.41, 5.74) is 1.69. The fourth-order valence-electron chi connectivity index (χ4n) is 3.54.